The maximum Gasteiger partial charge on any atom is 0.251 e. The van der Waals surface area contributed by atoms with Gasteiger partial charge in [-0.05, 0) is 49.9 Å². The van der Waals surface area contributed by atoms with Crippen LogP contribution < -0.4 is 14.8 Å². The van der Waals surface area contributed by atoms with E-state index in [-0.39, 0.29) is 11.9 Å². The van der Waals surface area contributed by atoms with E-state index in [0.29, 0.717) is 28.7 Å². The normalized spacial score (nSPS) is 11.7. The summed E-state index contributed by atoms with van der Waals surface area (Å²) >= 11 is 7.92. The molecule has 4 nitrogen and oxygen atoms in total. The average molecular weight is 380 g/mol. The van der Waals surface area contributed by atoms with Gasteiger partial charge in [0.15, 0.2) is 11.5 Å². The lowest BCUT2D eigenvalue weighted by molar-refractivity contribution is 0.0939. The molecule has 25 heavy (non-hydrogen) atoms. The highest BCUT2D eigenvalue weighted by molar-refractivity contribution is 7.98. The van der Waals surface area contributed by atoms with Crippen LogP contribution in [-0.4, -0.2) is 25.9 Å². The van der Waals surface area contributed by atoms with Crippen molar-refractivity contribution in [3.8, 4) is 11.5 Å². The summed E-state index contributed by atoms with van der Waals surface area (Å²) in [5.41, 5.74) is 1.47. The Kier molecular flexibility index (Phi) is 7.02. The van der Waals surface area contributed by atoms with E-state index in [1.165, 1.54) is 12.0 Å². The maximum absolute atomic E-state index is 12.6. The largest absolute Gasteiger partial charge is 0.493 e. The first-order valence-electron chi connectivity index (χ1n) is 7.95. The van der Waals surface area contributed by atoms with E-state index < -0.39 is 0 Å². The van der Waals surface area contributed by atoms with Gasteiger partial charge >= 0.3 is 0 Å². The Hall–Kier alpha value is -1.85. The molecule has 0 bridgehead atoms. The molecule has 0 saturated heterocycles. The van der Waals surface area contributed by atoms with Crippen molar-refractivity contribution >= 4 is 29.3 Å². The SMILES string of the molecule is CCOc1c(Cl)cc(C(=O)NC(C)c2ccc(SC)cc2)cc1OC. The van der Waals surface area contributed by atoms with Gasteiger partial charge in [-0.2, -0.15) is 0 Å². The van der Waals surface area contributed by atoms with Gasteiger partial charge in [-0.15, -0.1) is 11.8 Å². The molecular formula is C19H22ClNO3S. The van der Waals surface area contributed by atoms with Crippen LogP contribution in [-0.2, 0) is 0 Å². The second-order valence-corrected chi connectivity index (χ2v) is 6.68. The number of hydrogen-bond donors (Lipinski definition) is 1. The van der Waals surface area contributed by atoms with E-state index in [9.17, 15) is 4.79 Å². The molecule has 134 valence electrons. The zero-order chi connectivity index (χ0) is 18.4. The first-order chi connectivity index (χ1) is 12.0. The molecular weight excluding hydrogens is 358 g/mol. The summed E-state index contributed by atoms with van der Waals surface area (Å²) in [4.78, 5) is 13.8. The number of benzene rings is 2. The Balaban J connectivity index is 2.17. The zero-order valence-electron chi connectivity index (χ0n) is 14.8. The quantitative estimate of drug-likeness (QED) is 0.690. The molecule has 0 heterocycles. The second-order valence-electron chi connectivity index (χ2n) is 5.39. The van der Waals surface area contributed by atoms with Gasteiger partial charge < -0.3 is 14.8 Å². The molecule has 1 atom stereocenters. The van der Waals surface area contributed by atoms with Crippen LogP contribution in [0.2, 0.25) is 5.02 Å². The lowest BCUT2D eigenvalue weighted by atomic mass is 10.1. The van der Waals surface area contributed by atoms with E-state index in [1.54, 1.807) is 23.9 Å². The third-order valence-corrected chi connectivity index (χ3v) is 4.77. The molecule has 1 N–H and O–H groups in total. The van der Waals surface area contributed by atoms with Crippen molar-refractivity contribution in [1.82, 2.24) is 5.32 Å². The first-order valence-corrected chi connectivity index (χ1v) is 9.55. The Bertz CT molecular complexity index is 734. The second kappa shape index (κ2) is 9.02. The van der Waals surface area contributed by atoms with Crippen molar-refractivity contribution in [2.24, 2.45) is 0 Å². The van der Waals surface area contributed by atoms with Crippen molar-refractivity contribution < 1.29 is 14.3 Å². The Morgan fingerprint density at radius 1 is 1.28 bits per heavy atom. The van der Waals surface area contributed by atoms with Crippen LogP contribution in [0.15, 0.2) is 41.3 Å². The van der Waals surface area contributed by atoms with Crippen molar-refractivity contribution in [3.63, 3.8) is 0 Å². The maximum atomic E-state index is 12.6. The summed E-state index contributed by atoms with van der Waals surface area (Å²) < 4.78 is 10.8. The molecule has 2 rings (SSSR count). The van der Waals surface area contributed by atoms with Gasteiger partial charge in [0.25, 0.3) is 5.91 Å². The van der Waals surface area contributed by atoms with Gasteiger partial charge in [0.2, 0.25) is 0 Å². The number of nitrogens with one attached hydrogen (secondary N) is 1. The Labute approximate surface area is 157 Å². The van der Waals surface area contributed by atoms with Crippen LogP contribution in [0.1, 0.15) is 35.8 Å². The molecule has 0 radical (unpaired) electrons. The van der Waals surface area contributed by atoms with Gasteiger partial charge in [0.1, 0.15) is 0 Å². The highest BCUT2D eigenvalue weighted by atomic mass is 35.5. The fourth-order valence-electron chi connectivity index (χ4n) is 2.39. The van der Waals surface area contributed by atoms with Gasteiger partial charge in [0.05, 0.1) is 24.8 Å². The molecule has 0 fully saturated rings. The number of amides is 1. The number of ether oxygens (including phenoxy) is 2. The number of carbonyl (C=O) groups excluding carboxylic acids is 1. The summed E-state index contributed by atoms with van der Waals surface area (Å²) in [7, 11) is 1.52. The van der Waals surface area contributed by atoms with E-state index in [0.717, 1.165) is 5.56 Å². The van der Waals surface area contributed by atoms with Gasteiger partial charge in [-0.3, -0.25) is 4.79 Å². The van der Waals surface area contributed by atoms with Crippen molar-refractivity contribution in [2.75, 3.05) is 20.0 Å². The summed E-state index contributed by atoms with van der Waals surface area (Å²) in [6, 6.07) is 11.2. The molecule has 0 saturated carbocycles. The minimum atomic E-state index is -0.218. The predicted octanol–water partition coefficient (Wildman–Crippen LogP) is 4.96. The molecule has 0 aliphatic carbocycles. The first kappa shape index (κ1) is 19.5. The minimum Gasteiger partial charge on any atom is -0.493 e. The van der Waals surface area contributed by atoms with E-state index in [4.69, 9.17) is 21.1 Å². The number of methoxy groups -OCH3 is 1. The van der Waals surface area contributed by atoms with Crippen molar-refractivity contribution in [2.45, 2.75) is 24.8 Å². The number of halogens is 1. The predicted molar refractivity (Wildman–Crippen MR) is 103 cm³/mol. The lowest BCUT2D eigenvalue weighted by Gasteiger charge is -2.16. The number of carbonyl (C=O) groups is 1. The van der Waals surface area contributed by atoms with Crippen molar-refractivity contribution in [3.05, 3.63) is 52.5 Å². The number of rotatable bonds is 7. The van der Waals surface area contributed by atoms with Crippen LogP contribution in [0.3, 0.4) is 0 Å². The van der Waals surface area contributed by atoms with Crippen LogP contribution >= 0.6 is 23.4 Å². The van der Waals surface area contributed by atoms with Crippen LogP contribution in [0.4, 0.5) is 0 Å². The summed E-state index contributed by atoms with van der Waals surface area (Å²) in [6.07, 6.45) is 2.03. The highest BCUT2D eigenvalue weighted by Crippen LogP contribution is 2.36. The highest BCUT2D eigenvalue weighted by Gasteiger charge is 2.17. The molecule has 0 aliphatic rings. The Morgan fingerprint density at radius 3 is 2.52 bits per heavy atom. The molecule has 6 heteroatoms. The van der Waals surface area contributed by atoms with Gasteiger partial charge in [-0.25, -0.2) is 0 Å². The summed E-state index contributed by atoms with van der Waals surface area (Å²) in [5.74, 6) is 0.671. The minimum absolute atomic E-state index is 0.125. The lowest BCUT2D eigenvalue weighted by Crippen LogP contribution is -2.26. The summed E-state index contributed by atoms with van der Waals surface area (Å²) in [6.45, 7) is 4.27. The molecule has 2 aromatic carbocycles. The van der Waals surface area contributed by atoms with Gasteiger partial charge in [0, 0.05) is 10.5 Å². The van der Waals surface area contributed by atoms with Crippen LogP contribution in [0.5, 0.6) is 11.5 Å². The third kappa shape index (κ3) is 4.83. The van der Waals surface area contributed by atoms with Crippen molar-refractivity contribution in [1.29, 1.82) is 0 Å². The molecule has 2 aromatic rings. The topological polar surface area (TPSA) is 47.6 Å². The monoisotopic (exact) mass is 379 g/mol. The number of thioether (sulfide) groups is 1. The third-order valence-electron chi connectivity index (χ3n) is 3.74. The van der Waals surface area contributed by atoms with Gasteiger partial charge in [-0.1, -0.05) is 23.7 Å². The van der Waals surface area contributed by atoms with Crippen LogP contribution in [0, 0.1) is 0 Å². The molecule has 1 amide bonds. The fraction of sp³-hybridized carbons (Fsp3) is 0.316. The molecule has 0 spiro atoms. The zero-order valence-corrected chi connectivity index (χ0v) is 16.3. The molecule has 0 aliphatic heterocycles. The summed E-state index contributed by atoms with van der Waals surface area (Å²) in [5, 5.41) is 3.33. The molecule has 1 unspecified atom stereocenters. The Morgan fingerprint density at radius 2 is 1.96 bits per heavy atom. The van der Waals surface area contributed by atoms with E-state index in [1.807, 2.05) is 44.4 Å². The number of hydrogen-bond acceptors (Lipinski definition) is 4. The van der Waals surface area contributed by atoms with E-state index in [2.05, 4.69) is 5.32 Å². The standard InChI is InChI=1S/C19H22ClNO3S/c1-5-24-18-16(20)10-14(11-17(18)23-3)19(22)21-12(2)13-6-8-15(25-4)9-7-13/h6-12H,5H2,1-4H3,(H,21,22). The molecule has 0 aromatic heterocycles. The van der Waals surface area contributed by atoms with Crippen LogP contribution in [0.25, 0.3) is 0 Å². The average Bonchev–Trinajstić information content (AvgIpc) is 2.63. The smallest absolute Gasteiger partial charge is 0.251 e. The fourth-order valence-corrected chi connectivity index (χ4v) is 3.06. The van der Waals surface area contributed by atoms with E-state index >= 15 is 0 Å².